The predicted molar refractivity (Wildman–Crippen MR) is 150 cm³/mol. The number of aliphatic hydroxyl groups is 1. The average molecular weight is 546 g/mol. The number of epoxide rings is 1. The van der Waals surface area contributed by atoms with Crippen LogP contribution in [0.5, 0.6) is 0 Å². The van der Waals surface area contributed by atoms with Gasteiger partial charge in [-0.3, -0.25) is 0 Å². The quantitative estimate of drug-likeness (QED) is 0.371. The molecule has 5 unspecified atom stereocenters. The van der Waals surface area contributed by atoms with Crippen LogP contribution in [0.25, 0.3) is 5.57 Å². The monoisotopic (exact) mass is 545 g/mol. The molecule has 2 bridgehead atoms. The third kappa shape index (κ3) is 3.37. The van der Waals surface area contributed by atoms with Crippen molar-refractivity contribution in [2.75, 3.05) is 0 Å². The van der Waals surface area contributed by atoms with Gasteiger partial charge in [0.2, 0.25) is 0 Å². The van der Waals surface area contributed by atoms with E-state index in [9.17, 15) is 14.7 Å². The van der Waals surface area contributed by atoms with Crippen LogP contribution in [-0.4, -0.2) is 40.6 Å². The van der Waals surface area contributed by atoms with Crippen LogP contribution in [0.3, 0.4) is 0 Å². The van der Waals surface area contributed by atoms with E-state index in [1.54, 1.807) is 45.0 Å². The van der Waals surface area contributed by atoms with E-state index in [0.717, 1.165) is 11.1 Å². The number of carbonyl (C=O) groups excluding carboxylic acids is 2. The Bertz CT molecular complexity index is 1400. The molecule has 3 aliphatic carbocycles. The number of nitrogens with one attached hydrogen (secondary N) is 1. The second-order valence-electron chi connectivity index (χ2n) is 13.6. The number of aliphatic hydroxyl groups excluding tert-OH is 1. The smallest absolute Gasteiger partial charge is 0.408 e. The fourth-order valence-corrected chi connectivity index (χ4v) is 8.34. The van der Waals surface area contributed by atoms with Crippen LogP contribution >= 0.6 is 0 Å². The lowest BCUT2D eigenvalue weighted by molar-refractivity contribution is -0.172. The fraction of sp³-hybridized carbons (Fsp3) is 0.515. The van der Waals surface area contributed by atoms with Gasteiger partial charge in [-0.2, -0.15) is 0 Å². The normalized spacial score (nSPS) is 34.1. The SMILES string of the molecule is C=C1CC23OC2(c2ccccc21)C1CC(OC(=O)[C@H](O)[C@@H](NC(=O)OC(C)(C)C)c2ccccc2)C3(C)C1(C)C. The first-order valence-electron chi connectivity index (χ1n) is 14.1. The topological polar surface area (TPSA) is 97.4 Å². The van der Waals surface area contributed by atoms with Crippen molar-refractivity contribution >= 4 is 17.6 Å². The molecule has 1 saturated heterocycles. The molecule has 0 spiro atoms. The highest BCUT2D eigenvalue weighted by atomic mass is 16.6. The molecule has 3 fully saturated rings. The molecular formula is C33H39NO6. The fourth-order valence-electron chi connectivity index (χ4n) is 8.34. The molecule has 212 valence electrons. The van der Waals surface area contributed by atoms with E-state index < -0.39 is 52.5 Å². The number of hydrogen-bond acceptors (Lipinski definition) is 6. The van der Waals surface area contributed by atoms with E-state index in [-0.39, 0.29) is 11.3 Å². The zero-order valence-corrected chi connectivity index (χ0v) is 24.1. The Balaban J connectivity index is 1.28. The first-order valence-corrected chi connectivity index (χ1v) is 14.1. The van der Waals surface area contributed by atoms with Gasteiger partial charge >= 0.3 is 12.1 Å². The van der Waals surface area contributed by atoms with Crippen LogP contribution in [-0.2, 0) is 24.6 Å². The molecule has 4 aliphatic rings. The summed E-state index contributed by atoms with van der Waals surface area (Å²) in [6, 6.07) is 16.2. The number of hydrogen-bond donors (Lipinski definition) is 2. The van der Waals surface area contributed by atoms with Gasteiger partial charge < -0.3 is 24.6 Å². The highest BCUT2D eigenvalue weighted by Crippen LogP contribution is 2.89. The van der Waals surface area contributed by atoms with Crippen molar-refractivity contribution in [2.24, 2.45) is 16.7 Å². The molecule has 40 heavy (non-hydrogen) atoms. The molecule has 7 nitrogen and oxygen atoms in total. The third-order valence-corrected chi connectivity index (χ3v) is 10.3. The van der Waals surface area contributed by atoms with Crippen LogP contribution in [0.1, 0.15) is 77.1 Å². The molecule has 1 aliphatic heterocycles. The predicted octanol–water partition coefficient (Wildman–Crippen LogP) is 5.67. The van der Waals surface area contributed by atoms with Crippen molar-refractivity contribution in [2.45, 2.75) is 89.4 Å². The largest absolute Gasteiger partial charge is 0.460 e. The molecule has 1 heterocycles. The second-order valence-corrected chi connectivity index (χ2v) is 13.6. The Morgan fingerprint density at radius 2 is 1.73 bits per heavy atom. The Morgan fingerprint density at radius 1 is 1.07 bits per heavy atom. The van der Waals surface area contributed by atoms with Gasteiger partial charge in [-0.1, -0.05) is 81.9 Å². The number of amides is 1. The van der Waals surface area contributed by atoms with Gasteiger partial charge in [0.15, 0.2) is 6.10 Å². The molecule has 7 atom stereocenters. The maximum atomic E-state index is 13.6. The summed E-state index contributed by atoms with van der Waals surface area (Å²) < 4.78 is 18.4. The number of fused-ring (bicyclic) bond motifs is 3. The summed E-state index contributed by atoms with van der Waals surface area (Å²) in [6.07, 6.45) is -1.54. The van der Waals surface area contributed by atoms with Crippen molar-refractivity contribution in [3.8, 4) is 0 Å². The minimum atomic E-state index is -1.63. The van der Waals surface area contributed by atoms with Gasteiger partial charge in [-0.25, -0.2) is 9.59 Å². The van der Waals surface area contributed by atoms with E-state index in [0.29, 0.717) is 18.4 Å². The maximum absolute atomic E-state index is 13.6. The first-order chi connectivity index (χ1) is 18.7. The van der Waals surface area contributed by atoms with Gasteiger partial charge in [-0.15, -0.1) is 0 Å². The summed E-state index contributed by atoms with van der Waals surface area (Å²) in [5.74, 6) is -0.656. The Kier molecular flexibility index (Phi) is 5.70. The van der Waals surface area contributed by atoms with E-state index in [1.807, 2.05) is 12.1 Å². The Hall–Kier alpha value is -3.16. The van der Waals surface area contributed by atoms with Crippen molar-refractivity contribution in [1.29, 1.82) is 0 Å². The zero-order valence-electron chi connectivity index (χ0n) is 24.1. The Labute approximate surface area is 235 Å². The molecule has 7 heteroatoms. The zero-order chi connectivity index (χ0) is 28.9. The molecule has 2 saturated carbocycles. The van der Waals surface area contributed by atoms with Crippen molar-refractivity contribution in [3.05, 3.63) is 77.9 Å². The summed E-state index contributed by atoms with van der Waals surface area (Å²) in [4.78, 5) is 26.3. The molecular weight excluding hydrogens is 506 g/mol. The van der Waals surface area contributed by atoms with E-state index in [1.165, 1.54) is 5.56 Å². The lowest BCUT2D eigenvalue weighted by atomic mass is 9.59. The number of benzene rings is 2. The lowest BCUT2D eigenvalue weighted by Gasteiger charge is -2.45. The Morgan fingerprint density at radius 3 is 2.40 bits per heavy atom. The minimum absolute atomic E-state index is 0.124. The van der Waals surface area contributed by atoms with Crippen LogP contribution in [0.15, 0.2) is 61.2 Å². The number of carbonyl (C=O) groups is 2. The lowest BCUT2D eigenvalue weighted by Crippen LogP contribution is -2.53. The summed E-state index contributed by atoms with van der Waals surface area (Å²) in [7, 11) is 0. The van der Waals surface area contributed by atoms with E-state index in [4.69, 9.17) is 14.2 Å². The van der Waals surface area contributed by atoms with Gasteiger partial charge in [0.1, 0.15) is 22.9 Å². The molecule has 2 aromatic carbocycles. The van der Waals surface area contributed by atoms with Gasteiger partial charge in [0.05, 0.1) is 6.04 Å². The highest BCUT2D eigenvalue weighted by molar-refractivity contribution is 5.79. The van der Waals surface area contributed by atoms with Crippen molar-refractivity contribution in [1.82, 2.24) is 5.32 Å². The standard InChI is InChI=1S/C33H39NO6/c1-19-18-32-31(7)24(17-23(30(31,5)6)33(32,40-32)22-16-12-11-15-21(19)22)38-27(36)26(35)25(20-13-9-8-10-14-20)34-28(37)39-29(2,3)4/h8-16,23-26,35H,1,17-18H2,2-7H3,(H,34,37)/t23?,24?,25-,26+,31?,32?,33?/m0/s1. The first kappa shape index (κ1) is 27.0. The maximum Gasteiger partial charge on any atom is 0.408 e. The van der Waals surface area contributed by atoms with Crippen LogP contribution < -0.4 is 5.32 Å². The van der Waals surface area contributed by atoms with Gasteiger partial charge in [0, 0.05) is 17.8 Å². The molecule has 2 aromatic rings. The number of esters is 1. The van der Waals surface area contributed by atoms with Gasteiger partial charge in [0.25, 0.3) is 0 Å². The molecule has 2 N–H and O–H groups in total. The average Bonchev–Trinajstić information content (AvgIpc) is 3.52. The van der Waals surface area contributed by atoms with Crippen molar-refractivity contribution < 1.29 is 28.9 Å². The molecule has 0 aromatic heterocycles. The van der Waals surface area contributed by atoms with Crippen LogP contribution in [0.2, 0.25) is 0 Å². The van der Waals surface area contributed by atoms with Crippen molar-refractivity contribution in [3.63, 3.8) is 0 Å². The molecule has 6 rings (SSSR count). The minimum Gasteiger partial charge on any atom is -0.460 e. The van der Waals surface area contributed by atoms with Gasteiger partial charge in [-0.05, 0) is 54.9 Å². The second kappa shape index (κ2) is 8.43. The number of alkyl carbamates (subject to hydrolysis) is 1. The van der Waals surface area contributed by atoms with Crippen LogP contribution in [0, 0.1) is 16.7 Å². The summed E-state index contributed by atoms with van der Waals surface area (Å²) in [5, 5.41) is 14.0. The van der Waals surface area contributed by atoms with E-state index in [2.05, 4.69) is 50.9 Å². The van der Waals surface area contributed by atoms with E-state index >= 15 is 0 Å². The molecule has 0 radical (unpaired) electrons. The summed E-state index contributed by atoms with van der Waals surface area (Å²) in [5.41, 5.74) is 1.54. The highest BCUT2D eigenvalue weighted by Gasteiger charge is 2.95. The molecule has 1 amide bonds. The number of ether oxygens (including phenoxy) is 3. The summed E-state index contributed by atoms with van der Waals surface area (Å²) >= 11 is 0. The van der Waals surface area contributed by atoms with Crippen LogP contribution in [0.4, 0.5) is 4.79 Å². The third-order valence-electron chi connectivity index (χ3n) is 10.3. The summed E-state index contributed by atoms with van der Waals surface area (Å²) in [6.45, 7) is 16.3. The number of rotatable bonds is 5.